The molecule has 0 spiro atoms. The molecular formula is C15H21NS. The lowest BCUT2D eigenvalue weighted by atomic mass is 10.00. The van der Waals surface area contributed by atoms with Crippen LogP contribution in [0.2, 0.25) is 0 Å². The molecule has 1 heterocycles. The van der Waals surface area contributed by atoms with Crippen LogP contribution in [0.3, 0.4) is 0 Å². The van der Waals surface area contributed by atoms with Crippen LogP contribution in [0.25, 0.3) is 0 Å². The number of fused-ring (bicyclic) bond motifs is 1. The first-order valence-corrected chi connectivity index (χ1v) is 7.74. The summed E-state index contributed by atoms with van der Waals surface area (Å²) in [4.78, 5) is 1.50. The molecule has 1 aromatic carbocycles. The third-order valence-electron chi connectivity index (χ3n) is 4.40. The van der Waals surface area contributed by atoms with Crippen molar-refractivity contribution >= 4 is 11.8 Å². The van der Waals surface area contributed by atoms with Crippen molar-refractivity contribution in [1.82, 2.24) is 5.32 Å². The molecule has 1 aliphatic carbocycles. The Morgan fingerprint density at radius 1 is 1.35 bits per heavy atom. The molecule has 1 aromatic rings. The molecule has 1 saturated carbocycles. The van der Waals surface area contributed by atoms with Gasteiger partial charge in [-0.2, -0.15) is 0 Å². The second kappa shape index (κ2) is 4.66. The van der Waals surface area contributed by atoms with Crippen LogP contribution in [-0.2, 0) is 0 Å². The number of benzene rings is 1. The maximum Gasteiger partial charge on any atom is 0.0108 e. The highest BCUT2D eigenvalue weighted by Crippen LogP contribution is 2.48. The first kappa shape index (κ1) is 11.6. The van der Waals surface area contributed by atoms with E-state index in [0.717, 1.165) is 12.5 Å². The van der Waals surface area contributed by atoms with Gasteiger partial charge < -0.3 is 5.32 Å². The number of hydrogen-bond donors (Lipinski definition) is 1. The average Bonchev–Trinajstić information content (AvgIpc) is 3.04. The lowest BCUT2D eigenvalue weighted by molar-refractivity contribution is 0.437. The van der Waals surface area contributed by atoms with Crippen LogP contribution in [0.4, 0.5) is 0 Å². The van der Waals surface area contributed by atoms with E-state index in [-0.39, 0.29) is 0 Å². The zero-order valence-corrected chi connectivity index (χ0v) is 11.4. The summed E-state index contributed by atoms with van der Waals surface area (Å²) >= 11 is 2.02. The van der Waals surface area contributed by atoms with E-state index in [0.29, 0.717) is 5.41 Å². The van der Waals surface area contributed by atoms with Crippen molar-refractivity contribution in [3.8, 4) is 0 Å². The third-order valence-corrected chi connectivity index (χ3v) is 5.65. The van der Waals surface area contributed by atoms with Crippen molar-refractivity contribution in [2.45, 2.75) is 37.0 Å². The van der Waals surface area contributed by atoms with Gasteiger partial charge in [0.15, 0.2) is 0 Å². The van der Waals surface area contributed by atoms with Gasteiger partial charge in [-0.25, -0.2) is 0 Å². The lowest BCUT2D eigenvalue weighted by Crippen LogP contribution is -2.28. The molecule has 0 aromatic heterocycles. The molecule has 1 unspecified atom stereocenters. The topological polar surface area (TPSA) is 12.0 Å². The van der Waals surface area contributed by atoms with Gasteiger partial charge >= 0.3 is 0 Å². The predicted molar refractivity (Wildman–Crippen MR) is 74.7 cm³/mol. The first-order valence-electron chi connectivity index (χ1n) is 6.75. The van der Waals surface area contributed by atoms with Gasteiger partial charge in [0.1, 0.15) is 0 Å². The van der Waals surface area contributed by atoms with Crippen LogP contribution in [-0.4, -0.2) is 18.8 Å². The van der Waals surface area contributed by atoms with Crippen LogP contribution in [0.1, 0.15) is 37.7 Å². The average molecular weight is 247 g/mol. The van der Waals surface area contributed by atoms with Crippen LogP contribution in [0.15, 0.2) is 29.2 Å². The fourth-order valence-corrected chi connectivity index (χ4v) is 4.00. The lowest BCUT2D eigenvalue weighted by Gasteiger charge is -2.16. The summed E-state index contributed by atoms with van der Waals surface area (Å²) in [6.45, 7) is 4.72. The monoisotopic (exact) mass is 247 g/mol. The Bertz CT molecular complexity index is 398. The number of thioether (sulfide) groups is 1. The van der Waals surface area contributed by atoms with Gasteiger partial charge in [-0.15, -0.1) is 11.8 Å². The van der Waals surface area contributed by atoms with E-state index in [2.05, 4.69) is 36.5 Å². The summed E-state index contributed by atoms with van der Waals surface area (Å²) in [6.07, 6.45) is 4.22. The molecule has 0 radical (unpaired) electrons. The van der Waals surface area contributed by atoms with Crippen molar-refractivity contribution < 1.29 is 0 Å². The minimum absolute atomic E-state index is 0.672. The molecule has 2 aliphatic rings. The Labute approximate surface area is 108 Å². The van der Waals surface area contributed by atoms with Gasteiger partial charge in [0.05, 0.1) is 0 Å². The fraction of sp³-hybridized carbons (Fsp3) is 0.600. The van der Waals surface area contributed by atoms with Gasteiger partial charge in [0.25, 0.3) is 0 Å². The van der Waals surface area contributed by atoms with Crippen LogP contribution < -0.4 is 5.32 Å². The molecule has 1 fully saturated rings. The van der Waals surface area contributed by atoms with Crippen molar-refractivity contribution in [2.75, 3.05) is 18.8 Å². The van der Waals surface area contributed by atoms with Crippen molar-refractivity contribution in [3.05, 3.63) is 29.8 Å². The van der Waals surface area contributed by atoms with Gasteiger partial charge in [0.2, 0.25) is 0 Å². The molecule has 3 rings (SSSR count). The number of rotatable bonds is 5. The van der Waals surface area contributed by atoms with Gasteiger partial charge in [0, 0.05) is 29.7 Å². The van der Waals surface area contributed by atoms with E-state index in [9.17, 15) is 0 Å². The van der Waals surface area contributed by atoms with E-state index >= 15 is 0 Å². The molecule has 1 N–H and O–H groups in total. The molecule has 1 aliphatic heterocycles. The Morgan fingerprint density at radius 3 is 2.94 bits per heavy atom. The van der Waals surface area contributed by atoms with Crippen LogP contribution >= 0.6 is 11.8 Å². The van der Waals surface area contributed by atoms with E-state index in [1.54, 1.807) is 5.56 Å². The largest absolute Gasteiger partial charge is 0.316 e. The second-order valence-electron chi connectivity index (χ2n) is 5.53. The van der Waals surface area contributed by atoms with Crippen molar-refractivity contribution in [2.24, 2.45) is 5.41 Å². The summed E-state index contributed by atoms with van der Waals surface area (Å²) in [7, 11) is 0. The quantitative estimate of drug-likeness (QED) is 0.852. The maximum absolute atomic E-state index is 3.71. The number of hydrogen-bond acceptors (Lipinski definition) is 2. The van der Waals surface area contributed by atoms with E-state index in [4.69, 9.17) is 0 Å². The van der Waals surface area contributed by atoms with Crippen molar-refractivity contribution in [3.63, 3.8) is 0 Å². The minimum Gasteiger partial charge on any atom is -0.316 e. The highest BCUT2D eigenvalue weighted by molar-refractivity contribution is 7.99. The Balaban J connectivity index is 1.54. The molecule has 1 atom stereocenters. The molecule has 2 heteroatoms. The third kappa shape index (κ3) is 2.38. The molecule has 17 heavy (non-hydrogen) atoms. The molecule has 92 valence electrons. The highest BCUT2D eigenvalue weighted by atomic mass is 32.2. The van der Waals surface area contributed by atoms with E-state index < -0.39 is 0 Å². The maximum atomic E-state index is 3.71. The molecule has 0 amide bonds. The standard InChI is InChI=1S/C15H21NS/c1-2-15(7-8-15)11-16-9-12-10-17-14-6-4-3-5-13(12)14/h3-6,12,16H,2,7-11H2,1H3. The normalized spacial score (nSPS) is 24.6. The summed E-state index contributed by atoms with van der Waals surface area (Å²) in [5.41, 5.74) is 2.23. The zero-order chi connectivity index (χ0) is 11.7. The SMILES string of the molecule is CCC1(CNCC2CSc3ccccc32)CC1. The van der Waals surface area contributed by atoms with Crippen LogP contribution in [0, 0.1) is 5.41 Å². The number of nitrogens with one attached hydrogen (secondary N) is 1. The fourth-order valence-electron chi connectivity index (χ4n) is 2.74. The van der Waals surface area contributed by atoms with Crippen LogP contribution in [0.5, 0.6) is 0 Å². The smallest absolute Gasteiger partial charge is 0.0108 e. The van der Waals surface area contributed by atoms with E-state index in [1.165, 1.54) is 36.5 Å². The van der Waals surface area contributed by atoms with Gasteiger partial charge in [-0.1, -0.05) is 25.1 Å². The zero-order valence-electron chi connectivity index (χ0n) is 10.5. The Morgan fingerprint density at radius 2 is 2.18 bits per heavy atom. The highest BCUT2D eigenvalue weighted by Gasteiger charge is 2.40. The second-order valence-corrected chi connectivity index (χ2v) is 6.59. The van der Waals surface area contributed by atoms with E-state index in [1.807, 2.05) is 11.8 Å². The Hall–Kier alpha value is -0.470. The summed E-state index contributed by atoms with van der Waals surface area (Å²) in [6, 6.07) is 8.88. The Kier molecular flexibility index (Phi) is 3.18. The predicted octanol–water partition coefficient (Wildman–Crippen LogP) is 3.66. The van der Waals surface area contributed by atoms with Gasteiger partial charge in [-0.3, -0.25) is 0 Å². The molecule has 0 saturated heterocycles. The minimum atomic E-state index is 0.672. The molecular weight excluding hydrogens is 226 g/mol. The van der Waals surface area contributed by atoms with Gasteiger partial charge in [-0.05, 0) is 36.3 Å². The summed E-state index contributed by atoms with van der Waals surface area (Å²) in [5, 5.41) is 3.71. The first-order chi connectivity index (χ1) is 8.33. The van der Waals surface area contributed by atoms with Crippen molar-refractivity contribution in [1.29, 1.82) is 0 Å². The summed E-state index contributed by atoms with van der Waals surface area (Å²) < 4.78 is 0. The molecule has 1 nitrogen and oxygen atoms in total. The molecule has 0 bridgehead atoms. The summed E-state index contributed by atoms with van der Waals surface area (Å²) in [5.74, 6) is 1.98.